The number of ether oxygens (including phenoxy) is 2. The van der Waals surface area contributed by atoms with E-state index < -0.39 is 5.97 Å². The minimum Gasteiger partial charge on any atom is -0.481 e. The van der Waals surface area contributed by atoms with Crippen molar-refractivity contribution in [2.75, 3.05) is 40.0 Å². The first-order valence-corrected chi connectivity index (χ1v) is 7.48. The van der Waals surface area contributed by atoms with Gasteiger partial charge in [-0.25, -0.2) is 4.79 Å². The van der Waals surface area contributed by atoms with Gasteiger partial charge in [-0.3, -0.25) is 4.79 Å². The van der Waals surface area contributed by atoms with Crippen molar-refractivity contribution in [2.45, 2.75) is 38.1 Å². The lowest BCUT2D eigenvalue weighted by atomic mass is 10.00. The summed E-state index contributed by atoms with van der Waals surface area (Å²) in [5.41, 5.74) is 0. The number of likely N-dealkylation sites (tertiary alicyclic amines) is 1. The number of carbonyl (C=O) groups is 2. The fourth-order valence-electron chi connectivity index (χ4n) is 2.40. The summed E-state index contributed by atoms with van der Waals surface area (Å²) in [5, 5.41) is 11.7. The Labute approximate surface area is 125 Å². The normalized spacial score (nSPS) is 18.5. The largest absolute Gasteiger partial charge is 0.481 e. The smallest absolute Gasteiger partial charge is 0.317 e. The van der Waals surface area contributed by atoms with E-state index in [0.717, 1.165) is 25.7 Å². The van der Waals surface area contributed by atoms with E-state index in [4.69, 9.17) is 14.6 Å². The number of nitrogens with zero attached hydrogens (tertiary/aromatic N) is 1. The number of aliphatic carboxylic acids is 1. The highest BCUT2D eigenvalue weighted by atomic mass is 16.5. The maximum absolute atomic E-state index is 12.1. The number of piperidine rings is 1. The van der Waals surface area contributed by atoms with Crippen molar-refractivity contribution in [1.29, 1.82) is 0 Å². The van der Waals surface area contributed by atoms with Crippen LogP contribution in [0.2, 0.25) is 0 Å². The minimum absolute atomic E-state index is 0.0214. The molecule has 1 rings (SSSR count). The monoisotopic (exact) mass is 302 g/mol. The SMILES string of the molecule is COCCOCCCNC(=O)N1CCCCC1CC(=O)O. The van der Waals surface area contributed by atoms with Crippen LogP contribution in [0.3, 0.4) is 0 Å². The van der Waals surface area contributed by atoms with E-state index in [1.165, 1.54) is 0 Å². The van der Waals surface area contributed by atoms with Gasteiger partial charge in [0.15, 0.2) is 0 Å². The van der Waals surface area contributed by atoms with E-state index in [1.54, 1.807) is 12.0 Å². The topological polar surface area (TPSA) is 88.1 Å². The zero-order valence-electron chi connectivity index (χ0n) is 12.7. The number of hydrogen-bond donors (Lipinski definition) is 2. The van der Waals surface area contributed by atoms with Crippen molar-refractivity contribution < 1.29 is 24.2 Å². The third kappa shape index (κ3) is 7.29. The standard InChI is InChI=1S/C14H26N2O5/c1-20-9-10-21-8-4-6-15-14(19)16-7-3-2-5-12(16)11-13(17)18/h12H,2-11H2,1H3,(H,15,19)(H,17,18). The van der Waals surface area contributed by atoms with Crippen LogP contribution in [0.4, 0.5) is 4.79 Å². The molecule has 1 atom stereocenters. The van der Waals surface area contributed by atoms with E-state index in [0.29, 0.717) is 32.9 Å². The molecule has 0 aromatic heterocycles. The molecule has 2 N–H and O–H groups in total. The first kappa shape index (κ1) is 17.7. The molecule has 1 fully saturated rings. The van der Waals surface area contributed by atoms with Gasteiger partial charge in [0.2, 0.25) is 0 Å². The third-order valence-corrected chi connectivity index (χ3v) is 3.47. The Kier molecular flexibility index (Phi) is 8.77. The maximum atomic E-state index is 12.1. The van der Waals surface area contributed by atoms with Crippen molar-refractivity contribution >= 4 is 12.0 Å². The minimum atomic E-state index is -0.855. The lowest BCUT2D eigenvalue weighted by Crippen LogP contribution is -2.49. The Balaban J connectivity index is 2.21. The van der Waals surface area contributed by atoms with Gasteiger partial charge in [-0.05, 0) is 25.7 Å². The van der Waals surface area contributed by atoms with Crippen LogP contribution < -0.4 is 5.32 Å². The molecule has 1 heterocycles. The molecule has 1 unspecified atom stereocenters. The summed E-state index contributed by atoms with van der Waals surface area (Å²) in [5.74, 6) is -0.855. The van der Waals surface area contributed by atoms with Gasteiger partial charge in [0.1, 0.15) is 0 Å². The maximum Gasteiger partial charge on any atom is 0.317 e. The number of nitrogens with one attached hydrogen (secondary N) is 1. The number of methoxy groups -OCH3 is 1. The summed E-state index contributed by atoms with van der Waals surface area (Å²) >= 11 is 0. The number of carboxylic acids is 1. The number of rotatable bonds is 9. The molecule has 21 heavy (non-hydrogen) atoms. The summed E-state index contributed by atoms with van der Waals surface area (Å²) in [4.78, 5) is 24.6. The van der Waals surface area contributed by atoms with Crippen LogP contribution in [0.15, 0.2) is 0 Å². The van der Waals surface area contributed by atoms with E-state index in [2.05, 4.69) is 5.32 Å². The van der Waals surface area contributed by atoms with Crippen LogP contribution in [0.1, 0.15) is 32.1 Å². The highest BCUT2D eigenvalue weighted by Gasteiger charge is 2.28. The molecule has 1 saturated heterocycles. The van der Waals surface area contributed by atoms with E-state index in [1.807, 2.05) is 0 Å². The van der Waals surface area contributed by atoms with Gasteiger partial charge in [-0.2, -0.15) is 0 Å². The molecule has 1 aliphatic heterocycles. The molecule has 1 aliphatic rings. The lowest BCUT2D eigenvalue weighted by Gasteiger charge is -2.34. The highest BCUT2D eigenvalue weighted by molar-refractivity contribution is 5.76. The first-order valence-electron chi connectivity index (χ1n) is 7.48. The van der Waals surface area contributed by atoms with Crippen LogP contribution in [0.25, 0.3) is 0 Å². The molecule has 0 aromatic rings. The number of urea groups is 1. The molecule has 0 aliphatic carbocycles. The first-order chi connectivity index (χ1) is 10.1. The Bertz CT molecular complexity index is 324. The van der Waals surface area contributed by atoms with Crippen molar-refractivity contribution in [3.63, 3.8) is 0 Å². The summed E-state index contributed by atoms with van der Waals surface area (Å²) in [6, 6.07) is -0.355. The van der Waals surface area contributed by atoms with Gasteiger partial charge >= 0.3 is 12.0 Å². The average molecular weight is 302 g/mol. The van der Waals surface area contributed by atoms with Gasteiger partial charge in [0.25, 0.3) is 0 Å². The van der Waals surface area contributed by atoms with Gasteiger partial charge in [-0.15, -0.1) is 0 Å². The summed E-state index contributed by atoms with van der Waals surface area (Å²) in [6.07, 6.45) is 3.43. The summed E-state index contributed by atoms with van der Waals surface area (Å²) in [6.45, 7) is 2.85. The molecular formula is C14H26N2O5. The third-order valence-electron chi connectivity index (χ3n) is 3.47. The number of carbonyl (C=O) groups excluding carboxylic acids is 1. The second kappa shape index (κ2) is 10.4. The molecule has 0 aromatic carbocycles. The Hall–Kier alpha value is -1.34. The molecule has 0 radical (unpaired) electrons. The zero-order chi connectivity index (χ0) is 15.5. The van der Waals surface area contributed by atoms with Crippen LogP contribution in [0.5, 0.6) is 0 Å². The average Bonchev–Trinajstić information content (AvgIpc) is 2.46. The molecular weight excluding hydrogens is 276 g/mol. The molecule has 0 spiro atoms. The number of hydrogen-bond acceptors (Lipinski definition) is 4. The summed E-state index contributed by atoms with van der Waals surface area (Å²) < 4.78 is 10.2. The second-order valence-electron chi connectivity index (χ2n) is 5.13. The van der Waals surface area contributed by atoms with Crippen LogP contribution in [0, 0.1) is 0 Å². The highest BCUT2D eigenvalue weighted by Crippen LogP contribution is 2.19. The van der Waals surface area contributed by atoms with Crippen LogP contribution in [-0.4, -0.2) is 68.1 Å². The predicted octanol–water partition coefficient (Wildman–Crippen LogP) is 1.08. The number of carboxylic acid groups (broad SMARTS) is 1. The number of amides is 2. The fourth-order valence-corrected chi connectivity index (χ4v) is 2.40. The van der Waals surface area contributed by atoms with Crippen molar-refractivity contribution in [3.05, 3.63) is 0 Å². The van der Waals surface area contributed by atoms with E-state index >= 15 is 0 Å². The molecule has 0 saturated carbocycles. The molecule has 122 valence electrons. The lowest BCUT2D eigenvalue weighted by molar-refractivity contribution is -0.138. The summed E-state index contributed by atoms with van der Waals surface area (Å²) in [7, 11) is 1.62. The van der Waals surface area contributed by atoms with Gasteiger partial charge in [-0.1, -0.05) is 0 Å². The molecule has 7 nitrogen and oxygen atoms in total. The van der Waals surface area contributed by atoms with Crippen molar-refractivity contribution in [1.82, 2.24) is 10.2 Å². The Morgan fingerprint density at radius 2 is 2.10 bits per heavy atom. The van der Waals surface area contributed by atoms with Gasteiger partial charge in [0.05, 0.1) is 19.6 Å². The van der Waals surface area contributed by atoms with Gasteiger partial charge in [0, 0.05) is 32.8 Å². The van der Waals surface area contributed by atoms with Gasteiger partial charge < -0.3 is 24.8 Å². The van der Waals surface area contributed by atoms with Crippen LogP contribution >= 0.6 is 0 Å². The molecule has 2 amide bonds. The van der Waals surface area contributed by atoms with E-state index in [9.17, 15) is 9.59 Å². The zero-order valence-corrected chi connectivity index (χ0v) is 12.7. The Morgan fingerprint density at radius 1 is 1.29 bits per heavy atom. The fraction of sp³-hybridized carbons (Fsp3) is 0.857. The van der Waals surface area contributed by atoms with E-state index in [-0.39, 0.29) is 18.5 Å². The van der Waals surface area contributed by atoms with Crippen molar-refractivity contribution in [2.24, 2.45) is 0 Å². The molecule has 0 bridgehead atoms. The molecule has 7 heteroatoms. The van der Waals surface area contributed by atoms with Crippen LogP contribution in [-0.2, 0) is 14.3 Å². The quantitative estimate of drug-likeness (QED) is 0.622. The second-order valence-corrected chi connectivity index (χ2v) is 5.13. The van der Waals surface area contributed by atoms with Crippen molar-refractivity contribution in [3.8, 4) is 0 Å². The predicted molar refractivity (Wildman–Crippen MR) is 77.3 cm³/mol. The Morgan fingerprint density at radius 3 is 2.81 bits per heavy atom.